The lowest BCUT2D eigenvalue weighted by atomic mass is 9.87. The smallest absolute Gasteiger partial charge is 0.276 e. The van der Waals surface area contributed by atoms with Crippen LogP contribution >= 0.6 is 0 Å². The zero-order valence-corrected chi connectivity index (χ0v) is 15.6. The monoisotopic (exact) mass is 365 g/mol. The number of amides is 1. The molecule has 6 nitrogen and oxygen atoms in total. The van der Waals surface area contributed by atoms with Gasteiger partial charge in [-0.15, -0.1) is 0 Å². The SMILES string of the molecule is CC(C)(C)c1ccc(OCn2ccc(C(=O)Nc3cccc(O)c3)n2)cc1. The fraction of sp³-hybridized carbons (Fsp3) is 0.238. The van der Waals surface area contributed by atoms with Gasteiger partial charge in [0.25, 0.3) is 5.91 Å². The lowest BCUT2D eigenvalue weighted by Gasteiger charge is -2.19. The van der Waals surface area contributed by atoms with Gasteiger partial charge in [0.05, 0.1) is 0 Å². The predicted molar refractivity (Wildman–Crippen MR) is 104 cm³/mol. The number of aromatic hydroxyl groups is 1. The van der Waals surface area contributed by atoms with Gasteiger partial charge >= 0.3 is 0 Å². The number of anilines is 1. The van der Waals surface area contributed by atoms with Crippen LogP contribution < -0.4 is 10.1 Å². The van der Waals surface area contributed by atoms with Gasteiger partial charge in [0.2, 0.25) is 0 Å². The summed E-state index contributed by atoms with van der Waals surface area (Å²) < 4.78 is 7.27. The normalized spacial score (nSPS) is 11.2. The molecule has 0 unspecified atom stereocenters. The van der Waals surface area contributed by atoms with Gasteiger partial charge < -0.3 is 15.2 Å². The van der Waals surface area contributed by atoms with Gasteiger partial charge in [0, 0.05) is 18.0 Å². The average Bonchev–Trinajstić information content (AvgIpc) is 3.09. The molecule has 3 rings (SSSR count). The molecular formula is C21H23N3O3. The third kappa shape index (κ3) is 4.88. The van der Waals surface area contributed by atoms with Crippen LogP contribution in [0.2, 0.25) is 0 Å². The fourth-order valence-corrected chi connectivity index (χ4v) is 2.53. The van der Waals surface area contributed by atoms with Gasteiger partial charge in [-0.25, -0.2) is 4.68 Å². The maximum absolute atomic E-state index is 12.2. The van der Waals surface area contributed by atoms with Gasteiger partial charge in [0.15, 0.2) is 12.4 Å². The number of carbonyl (C=O) groups excluding carboxylic acids is 1. The Morgan fingerprint density at radius 1 is 1.15 bits per heavy atom. The van der Waals surface area contributed by atoms with E-state index >= 15 is 0 Å². The van der Waals surface area contributed by atoms with Crippen molar-refractivity contribution >= 4 is 11.6 Å². The van der Waals surface area contributed by atoms with Crippen LogP contribution in [0.15, 0.2) is 60.8 Å². The van der Waals surface area contributed by atoms with Crippen LogP contribution in [0, 0.1) is 0 Å². The van der Waals surface area contributed by atoms with Crippen molar-refractivity contribution < 1.29 is 14.6 Å². The number of hydrogen-bond acceptors (Lipinski definition) is 4. The van der Waals surface area contributed by atoms with Crippen molar-refractivity contribution in [3.05, 3.63) is 72.1 Å². The second kappa shape index (κ2) is 7.53. The summed E-state index contributed by atoms with van der Waals surface area (Å²) in [6.45, 7) is 6.69. The Balaban J connectivity index is 1.58. The number of carbonyl (C=O) groups is 1. The van der Waals surface area contributed by atoms with E-state index < -0.39 is 0 Å². The first kappa shape index (κ1) is 18.5. The number of hydrogen-bond donors (Lipinski definition) is 2. The maximum Gasteiger partial charge on any atom is 0.276 e. The van der Waals surface area contributed by atoms with Crippen LogP contribution in [0.3, 0.4) is 0 Å². The van der Waals surface area contributed by atoms with Crippen LogP contribution in [-0.2, 0) is 12.1 Å². The van der Waals surface area contributed by atoms with E-state index in [2.05, 4.69) is 31.2 Å². The highest BCUT2D eigenvalue weighted by Gasteiger charge is 2.13. The summed E-state index contributed by atoms with van der Waals surface area (Å²) in [6, 6.07) is 15.9. The highest BCUT2D eigenvalue weighted by Crippen LogP contribution is 2.24. The van der Waals surface area contributed by atoms with Crippen molar-refractivity contribution in [3.63, 3.8) is 0 Å². The number of phenols is 1. The van der Waals surface area contributed by atoms with Crippen LogP contribution in [0.5, 0.6) is 11.5 Å². The van der Waals surface area contributed by atoms with Crippen molar-refractivity contribution in [2.24, 2.45) is 0 Å². The molecule has 0 radical (unpaired) electrons. The van der Waals surface area contributed by atoms with E-state index in [1.54, 1.807) is 29.1 Å². The van der Waals surface area contributed by atoms with Gasteiger partial charge in [-0.3, -0.25) is 4.79 Å². The Morgan fingerprint density at radius 3 is 2.56 bits per heavy atom. The number of phenolic OH excluding ortho intramolecular Hbond substituents is 1. The first-order chi connectivity index (χ1) is 12.8. The Kier molecular flexibility index (Phi) is 5.16. The van der Waals surface area contributed by atoms with Crippen LogP contribution in [0.1, 0.15) is 36.8 Å². The lowest BCUT2D eigenvalue weighted by Crippen LogP contribution is -2.14. The van der Waals surface area contributed by atoms with Crippen molar-refractivity contribution in [1.29, 1.82) is 0 Å². The fourth-order valence-electron chi connectivity index (χ4n) is 2.53. The molecule has 3 aromatic rings. The zero-order chi connectivity index (χ0) is 19.4. The molecule has 0 aliphatic carbocycles. The Morgan fingerprint density at radius 2 is 1.89 bits per heavy atom. The van der Waals surface area contributed by atoms with E-state index in [0.717, 1.165) is 5.75 Å². The third-order valence-electron chi connectivity index (χ3n) is 4.06. The molecule has 6 heteroatoms. The van der Waals surface area contributed by atoms with Gasteiger partial charge in [-0.1, -0.05) is 39.0 Å². The van der Waals surface area contributed by atoms with Crippen molar-refractivity contribution in [1.82, 2.24) is 9.78 Å². The number of rotatable bonds is 5. The van der Waals surface area contributed by atoms with Crippen molar-refractivity contribution in [3.8, 4) is 11.5 Å². The molecule has 1 aromatic heterocycles. The topological polar surface area (TPSA) is 76.4 Å². The number of ether oxygens (including phenoxy) is 1. The summed E-state index contributed by atoms with van der Waals surface area (Å²) >= 11 is 0. The van der Waals surface area contributed by atoms with Gasteiger partial charge in [-0.05, 0) is 41.3 Å². The van der Waals surface area contributed by atoms with E-state index in [4.69, 9.17) is 4.74 Å². The number of nitrogens with zero attached hydrogens (tertiary/aromatic N) is 2. The second-order valence-corrected chi connectivity index (χ2v) is 7.29. The summed E-state index contributed by atoms with van der Waals surface area (Å²) in [6.07, 6.45) is 1.68. The second-order valence-electron chi connectivity index (χ2n) is 7.29. The summed E-state index contributed by atoms with van der Waals surface area (Å²) in [5.74, 6) is 0.474. The summed E-state index contributed by atoms with van der Waals surface area (Å²) in [5, 5.41) is 16.4. The Labute approximate surface area is 158 Å². The quantitative estimate of drug-likeness (QED) is 0.711. The van der Waals surface area contributed by atoms with E-state index in [1.165, 1.54) is 17.7 Å². The minimum absolute atomic E-state index is 0.0872. The Hall–Kier alpha value is -3.28. The molecule has 1 amide bonds. The minimum atomic E-state index is -0.353. The zero-order valence-electron chi connectivity index (χ0n) is 15.6. The molecule has 2 N–H and O–H groups in total. The molecule has 0 aliphatic heterocycles. The average molecular weight is 365 g/mol. The summed E-state index contributed by atoms with van der Waals surface area (Å²) in [5.41, 5.74) is 2.10. The molecule has 0 bridgehead atoms. The van der Waals surface area contributed by atoms with E-state index in [-0.39, 0.29) is 29.5 Å². The standard InChI is InChI=1S/C21H23N3O3/c1-21(2,3)15-7-9-18(10-8-15)27-14-24-12-11-19(23-24)20(26)22-16-5-4-6-17(25)13-16/h4-13,25H,14H2,1-3H3,(H,22,26). The van der Waals surface area contributed by atoms with Crippen LogP contribution in [-0.4, -0.2) is 20.8 Å². The van der Waals surface area contributed by atoms with E-state index in [1.807, 2.05) is 24.3 Å². The largest absolute Gasteiger partial charge is 0.508 e. The molecule has 0 saturated heterocycles. The van der Waals surface area contributed by atoms with E-state index in [9.17, 15) is 9.90 Å². The maximum atomic E-state index is 12.2. The molecule has 0 atom stereocenters. The molecule has 1 heterocycles. The van der Waals surface area contributed by atoms with Gasteiger partial charge in [-0.2, -0.15) is 5.10 Å². The van der Waals surface area contributed by atoms with Crippen LogP contribution in [0.25, 0.3) is 0 Å². The van der Waals surface area contributed by atoms with E-state index in [0.29, 0.717) is 5.69 Å². The number of benzene rings is 2. The van der Waals surface area contributed by atoms with Crippen molar-refractivity contribution in [2.75, 3.05) is 5.32 Å². The summed E-state index contributed by atoms with van der Waals surface area (Å²) in [7, 11) is 0. The Bertz CT molecular complexity index is 924. The first-order valence-corrected chi connectivity index (χ1v) is 8.68. The molecule has 0 aliphatic rings. The molecular weight excluding hydrogens is 342 g/mol. The lowest BCUT2D eigenvalue weighted by molar-refractivity contribution is 0.102. The predicted octanol–water partition coefficient (Wildman–Crippen LogP) is 4.18. The summed E-state index contributed by atoms with van der Waals surface area (Å²) in [4.78, 5) is 12.2. The molecule has 27 heavy (non-hydrogen) atoms. The molecule has 0 spiro atoms. The highest BCUT2D eigenvalue weighted by atomic mass is 16.5. The first-order valence-electron chi connectivity index (χ1n) is 8.68. The molecule has 0 saturated carbocycles. The number of aromatic nitrogens is 2. The van der Waals surface area contributed by atoms with Gasteiger partial charge in [0.1, 0.15) is 11.5 Å². The highest BCUT2D eigenvalue weighted by molar-refractivity contribution is 6.02. The third-order valence-corrected chi connectivity index (χ3v) is 4.06. The molecule has 0 fully saturated rings. The van der Waals surface area contributed by atoms with Crippen molar-refractivity contribution in [2.45, 2.75) is 32.9 Å². The number of nitrogens with one attached hydrogen (secondary N) is 1. The molecule has 2 aromatic carbocycles. The van der Waals surface area contributed by atoms with Crippen LogP contribution in [0.4, 0.5) is 5.69 Å². The molecule has 140 valence electrons. The minimum Gasteiger partial charge on any atom is -0.508 e.